The third-order valence-corrected chi connectivity index (χ3v) is 3.75. The van der Waals surface area contributed by atoms with Crippen LogP contribution < -0.4 is 5.32 Å². The van der Waals surface area contributed by atoms with Gasteiger partial charge in [0, 0.05) is 19.6 Å². The van der Waals surface area contributed by atoms with Gasteiger partial charge in [-0.05, 0) is 19.8 Å². The quantitative estimate of drug-likeness (QED) is 0.550. The van der Waals surface area contributed by atoms with Gasteiger partial charge < -0.3 is 10.2 Å². The molecule has 0 fully saturated rings. The number of hydrogen-bond acceptors (Lipinski definition) is 2. The highest BCUT2D eigenvalue weighted by Gasteiger charge is 2.11. The summed E-state index contributed by atoms with van der Waals surface area (Å²) in [6.45, 7) is 7.76. The Labute approximate surface area is 120 Å². The highest BCUT2D eigenvalue weighted by Crippen LogP contribution is 2.10. The maximum Gasteiger partial charge on any atom is 0.236 e. The zero-order chi connectivity index (χ0) is 14.5. The molecule has 114 valence electrons. The van der Waals surface area contributed by atoms with E-state index in [1.165, 1.54) is 51.4 Å². The van der Waals surface area contributed by atoms with Crippen LogP contribution in [0.4, 0.5) is 0 Å². The highest BCUT2D eigenvalue weighted by molar-refractivity contribution is 5.77. The minimum Gasteiger partial charge on any atom is -0.345 e. The van der Waals surface area contributed by atoms with Crippen LogP contribution in [0.1, 0.15) is 72.1 Å². The molecular weight excluding hydrogens is 236 g/mol. The molecule has 0 aromatic heterocycles. The lowest BCUT2D eigenvalue weighted by Crippen LogP contribution is -2.40. The van der Waals surface area contributed by atoms with Crippen molar-refractivity contribution in [2.75, 3.05) is 20.1 Å². The van der Waals surface area contributed by atoms with E-state index in [4.69, 9.17) is 0 Å². The van der Waals surface area contributed by atoms with E-state index >= 15 is 0 Å². The number of rotatable bonds is 12. The van der Waals surface area contributed by atoms with Crippen molar-refractivity contribution >= 4 is 5.91 Å². The van der Waals surface area contributed by atoms with Gasteiger partial charge in [-0.25, -0.2) is 0 Å². The monoisotopic (exact) mass is 270 g/mol. The Balaban J connectivity index is 3.98. The van der Waals surface area contributed by atoms with Crippen LogP contribution in [0, 0.1) is 0 Å². The van der Waals surface area contributed by atoms with Crippen LogP contribution in [0.15, 0.2) is 0 Å². The van der Waals surface area contributed by atoms with Crippen molar-refractivity contribution in [1.82, 2.24) is 10.2 Å². The van der Waals surface area contributed by atoms with E-state index in [1.54, 1.807) is 4.90 Å². The fourth-order valence-electron chi connectivity index (χ4n) is 2.17. The lowest BCUT2D eigenvalue weighted by molar-refractivity contribution is -0.128. The Hall–Kier alpha value is -0.570. The van der Waals surface area contributed by atoms with Gasteiger partial charge in [-0.3, -0.25) is 4.79 Å². The summed E-state index contributed by atoms with van der Waals surface area (Å²) >= 11 is 0. The molecule has 0 aliphatic carbocycles. The van der Waals surface area contributed by atoms with Crippen LogP contribution in [0.2, 0.25) is 0 Å². The number of carbonyl (C=O) groups excluding carboxylic acids is 1. The second kappa shape index (κ2) is 12.5. The molecule has 0 bridgehead atoms. The van der Waals surface area contributed by atoms with Gasteiger partial charge in [0.1, 0.15) is 0 Å². The number of nitrogens with zero attached hydrogens (tertiary/aromatic N) is 1. The first-order valence-electron chi connectivity index (χ1n) is 8.12. The van der Waals surface area contributed by atoms with Crippen LogP contribution in [0.25, 0.3) is 0 Å². The predicted octanol–water partition coefficient (Wildman–Crippen LogP) is 3.58. The SMILES string of the molecule is CCCCCC(CCCCC)NCC(=O)N(C)CC. The lowest BCUT2D eigenvalue weighted by Gasteiger charge is -2.21. The standard InChI is InChI=1S/C16H34N2O/c1-5-8-10-12-15(13-11-9-6-2)17-14-16(19)18(4)7-3/h15,17H,5-14H2,1-4H3. The van der Waals surface area contributed by atoms with Gasteiger partial charge in [0.2, 0.25) is 5.91 Å². The summed E-state index contributed by atoms with van der Waals surface area (Å²) in [4.78, 5) is 13.6. The number of carbonyl (C=O) groups is 1. The topological polar surface area (TPSA) is 32.3 Å². The molecule has 0 rings (SSSR count). The first-order chi connectivity index (χ1) is 9.15. The van der Waals surface area contributed by atoms with Gasteiger partial charge in [-0.1, -0.05) is 52.4 Å². The largest absolute Gasteiger partial charge is 0.345 e. The van der Waals surface area contributed by atoms with Gasteiger partial charge in [-0.15, -0.1) is 0 Å². The third-order valence-electron chi connectivity index (χ3n) is 3.75. The second-order valence-corrected chi connectivity index (χ2v) is 5.48. The molecule has 0 saturated heterocycles. The van der Waals surface area contributed by atoms with Crippen molar-refractivity contribution in [2.24, 2.45) is 0 Å². The number of amides is 1. The zero-order valence-electron chi connectivity index (χ0n) is 13.5. The van der Waals surface area contributed by atoms with E-state index < -0.39 is 0 Å². The van der Waals surface area contributed by atoms with E-state index in [-0.39, 0.29) is 5.91 Å². The predicted molar refractivity (Wildman–Crippen MR) is 83.4 cm³/mol. The van der Waals surface area contributed by atoms with Crippen molar-refractivity contribution in [1.29, 1.82) is 0 Å². The summed E-state index contributed by atoms with van der Waals surface area (Å²) in [5.74, 6) is 0.207. The lowest BCUT2D eigenvalue weighted by atomic mass is 10.0. The van der Waals surface area contributed by atoms with E-state index in [9.17, 15) is 4.79 Å². The number of unbranched alkanes of at least 4 members (excludes halogenated alkanes) is 4. The van der Waals surface area contributed by atoms with E-state index in [2.05, 4.69) is 19.2 Å². The molecule has 0 aromatic rings. The number of hydrogen-bond donors (Lipinski definition) is 1. The Morgan fingerprint density at radius 2 is 1.53 bits per heavy atom. The molecule has 0 heterocycles. The molecule has 0 aliphatic rings. The molecular formula is C16H34N2O. The van der Waals surface area contributed by atoms with Gasteiger partial charge >= 0.3 is 0 Å². The Morgan fingerprint density at radius 3 is 1.95 bits per heavy atom. The van der Waals surface area contributed by atoms with Crippen LogP contribution in [-0.2, 0) is 4.79 Å². The molecule has 0 unspecified atom stereocenters. The summed E-state index contributed by atoms with van der Waals surface area (Å²) in [6.07, 6.45) is 10.1. The molecule has 1 amide bonds. The van der Waals surface area contributed by atoms with Crippen LogP contribution >= 0.6 is 0 Å². The molecule has 3 nitrogen and oxygen atoms in total. The van der Waals surface area contributed by atoms with Crippen molar-refractivity contribution in [3.63, 3.8) is 0 Å². The second-order valence-electron chi connectivity index (χ2n) is 5.48. The molecule has 0 spiro atoms. The first-order valence-corrected chi connectivity index (χ1v) is 8.12. The normalized spacial score (nSPS) is 11.0. The minimum absolute atomic E-state index is 0.207. The summed E-state index contributed by atoms with van der Waals surface area (Å²) in [7, 11) is 1.87. The molecule has 1 N–H and O–H groups in total. The highest BCUT2D eigenvalue weighted by atomic mass is 16.2. The Morgan fingerprint density at radius 1 is 1.00 bits per heavy atom. The van der Waals surface area contributed by atoms with Crippen molar-refractivity contribution in [2.45, 2.75) is 78.2 Å². The summed E-state index contributed by atoms with van der Waals surface area (Å²) in [5, 5.41) is 3.46. The fourth-order valence-corrected chi connectivity index (χ4v) is 2.17. The number of likely N-dealkylation sites (N-methyl/N-ethyl adjacent to an activating group) is 1. The molecule has 0 saturated carbocycles. The fraction of sp³-hybridized carbons (Fsp3) is 0.938. The first kappa shape index (κ1) is 18.4. The summed E-state index contributed by atoms with van der Waals surface area (Å²) in [5.41, 5.74) is 0. The average Bonchev–Trinajstić information content (AvgIpc) is 2.43. The Kier molecular flexibility index (Phi) is 12.1. The maximum absolute atomic E-state index is 11.8. The van der Waals surface area contributed by atoms with E-state index in [0.717, 1.165) is 6.54 Å². The van der Waals surface area contributed by atoms with Gasteiger partial charge in [-0.2, -0.15) is 0 Å². The van der Waals surface area contributed by atoms with Crippen LogP contribution in [0.3, 0.4) is 0 Å². The molecule has 0 atom stereocenters. The molecule has 0 aromatic carbocycles. The maximum atomic E-state index is 11.8. The Bertz CT molecular complexity index is 209. The van der Waals surface area contributed by atoms with Gasteiger partial charge in [0.25, 0.3) is 0 Å². The zero-order valence-corrected chi connectivity index (χ0v) is 13.5. The van der Waals surface area contributed by atoms with Crippen LogP contribution in [-0.4, -0.2) is 37.0 Å². The summed E-state index contributed by atoms with van der Waals surface area (Å²) in [6, 6.07) is 0.521. The van der Waals surface area contributed by atoms with Crippen LogP contribution in [0.5, 0.6) is 0 Å². The molecule has 0 radical (unpaired) electrons. The van der Waals surface area contributed by atoms with E-state index in [0.29, 0.717) is 12.6 Å². The molecule has 19 heavy (non-hydrogen) atoms. The van der Waals surface area contributed by atoms with Crippen molar-refractivity contribution in [3.05, 3.63) is 0 Å². The van der Waals surface area contributed by atoms with Crippen molar-refractivity contribution < 1.29 is 4.79 Å². The molecule has 3 heteroatoms. The van der Waals surface area contributed by atoms with Crippen molar-refractivity contribution in [3.8, 4) is 0 Å². The van der Waals surface area contributed by atoms with Gasteiger partial charge in [0.15, 0.2) is 0 Å². The minimum atomic E-state index is 0.207. The average molecular weight is 270 g/mol. The summed E-state index contributed by atoms with van der Waals surface area (Å²) < 4.78 is 0. The number of nitrogens with one attached hydrogen (secondary N) is 1. The smallest absolute Gasteiger partial charge is 0.236 e. The van der Waals surface area contributed by atoms with E-state index in [1.807, 2.05) is 14.0 Å². The third kappa shape index (κ3) is 9.94. The molecule has 0 aliphatic heterocycles. The van der Waals surface area contributed by atoms with Gasteiger partial charge in [0.05, 0.1) is 6.54 Å².